The molecule has 2 atom stereocenters. The molecule has 1 amide bonds. The number of aliphatic hydroxyl groups is 1. The van der Waals surface area contributed by atoms with Crippen LogP contribution in [0.5, 0.6) is 0 Å². The number of hydrogen-bond acceptors (Lipinski definition) is 4. The summed E-state index contributed by atoms with van der Waals surface area (Å²) in [5, 5.41) is 8.92. The van der Waals surface area contributed by atoms with Crippen molar-refractivity contribution in [1.82, 2.24) is 9.80 Å². The Balaban J connectivity index is 1.80. The molecule has 1 saturated heterocycles. The van der Waals surface area contributed by atoms with Crippen LogP contribution >= 0.6 is 0 Å². The van der Waals surface area contributed by atoms with Gasteiger partial charge in [-0.25, -0.2) is 0 Å². The molecule has 2 unspecified atom stereocenters. The van der Waals surface area contributed by atoms with Crippen LogP contribution in [0.1, 0.15) is 25.7 Å². The third-order valence-corrected chi connectivity index (χ3v) is 4.57. The number of rotatable bonds is 4. The minimum absolute atomic E-state index is 0.201. The Morgan fingerprint density at radius 1 is 1.21 bits per heavy atom. The van der Waals surface area contributed by atoms with Gasteiger partial charge in [-0.3, -0.25) is 9.69 Å². The fraction of sp³-hybridized carbons (Fsp3) is 0.929. The predicted octanol–water partition coefficient (Wildman–Crippen LogP) is -0.112. The zero-order valence-corrected chi connectivity index (χ0v) is 11.8. The number of β-amino-alcohol motifs (C(OH)–C–C–N with tert-alkyl or cyclic N) is 1. The Bertz CT molecular complexity index is 290. The van der Waals surface area contributed by atoms with E-state index in [2.05, 4.69) is 4.90 Å². The lowest BCUT2D eigenvalue weighted by Gasteiger charge is -2.37. The third-order valence-electron chi connectivity index (χ3n) is 4.57. The summed E-state index contributed by atoms with van der Waals surface area (Å²) in [6, 6.07) is 0. The summed E-state index contributed by atoms with van der Waals surface area (Å²) in [4.78, 5) is 16.7. The van der Waals surface area contributed by atoms with E-state index in [1.807, 2.05) is 4.90 Å². The summed E-state index contributed by atoms with van der Waals surface area (Å²) in [6.07, 6.45) is 4.34. The van der Waals surface area contributed by atoms with E-state index in [1.165, 1.54) is 6.42 Å². The predicted molar refractivity (Wildman–Crippen MR) is 74.6 cm³/mol. The Hall–Kier alpha value is -0.650. The fourth-order valence-electron chi connectivity index (χ4n) is 3.32. The van der Waals surface area contributed by atoms with E-state index in [0.717, 1.165) is 52.0 Å². The lowest BCUT2D eigenvalue weighted by atomic mass is 9.80. The van der Waals surface area contributed by atoms with E-state index in [0.29, 0.717) is 18.4 Å². The van der Waals surface area contributed by atoms with Gasteiger partial charge in [-0.2, -0.15) is 0 Å². The summed E-state index contributed by atoms with van der Waals surface area (Å²) < 4.78 is 0. The molecule has 1 saturated carbocycles. The molecule has 110 valence electrons. The second kappa shape index (κ2) is 7.22. The van der Waals surface area contributed by atoms with Crippen LogP contribution in [0.15, 0.2) is 0 Å². The topological polar surface area (TPSA) is 69.8 Å². The Morgan fingerprint density at radius 3 is 2.58 bits per heavy atom. The van der Waals surface area contributed by atoms with Crippen molar-refractivity contribution in [2.24, 2.45) is 17.6 Å². The van der Waals surface area contributed by atoms with E-state index < -0.39 is 0 Å². The second-order valence-electron chi connectivity index (χ2n) is 5.86. The van der Waals surface area contributed by atoms with E-state index in [-0.39, 0.29) is 12.5 Å². The molecule has 0 aromatic rings. The molecule has 1 aliphatic carbocycles. The van der Waals surface area contributed by atoms with Crippen LogP contribution in [0, 0.1) is 11.8 Å². The first-order valence-corrected chi connectivity index (χ1v) is 7.56. The molecule has 3 N–H and O–H groups in total. The molecule has 1 heterocycles. The first kappa shape index (κ1) is 14.8. The summed E-state index contributed by atoms with van der Waals surface area (Å²) in [5.74, 6) is 1.08. The first-order chi connectivity index (χ1) is 9.24. The van der Waals surface area contributed by atoms with Crippen LogP contribution in [-0.2, 0) is 4.79 Å². The van der Waals surface area contributed by atoms with Crippen LogP contribution < -0.4 is 5.73 Å². The standard InChI is InChI=1S/C14H27N3O2/c15-11-12-2-1-3-13(10-12)14(19)17-6-4-16(5-7-17)8-9-18/h12-13,18H,1-11,15H2. The molecule has 5 nitrogen and oxygen atoms in total. The zero-order chi connectivity index (χ0) is 13.7. The molecule has 2 aliphatic rings. The Morgan fingerprint density at radius 2 is 1.95 bits per heavy atom. The van der Waals surface area contributed by atoms with Gasteiger partial charge in [0.1, 0.15) is 0 Å². The summed E-state index contributed by atoms with van der Waals surface area (Å²) in [7, 11) is 0. The number of carbonyl (C=O) groups excluding carboxylic acids is 1. The van der Waals surface area contributed by atoms with Crippen LogP contribution in [0.2, 0.25) is 0 Å². The molecule has 1 aliphatic heterocycles. The molecular formula is C14H27N3O2. The van der Waals surface area contributed by atoms with Crippen LogP contribution in [0.4, 0.5) is 0 Å². The molecule has 2 fully saturated rings. The van der Waals surface area contributed by atoms with Crippen LogP contribution in [0.3, 0.4) is 0 Å². The lowest BCUT2D eigenvalue weighted by molar-refractivity contribution is -0.138. The van der Waals surface area contributed by atoms with Crippen molar-refractivity contribution < 1.29 is 9.90 Å². The van der Waals surface area contributed by atoms with Crippen LogP contribution in [-0.4, -0.2) is 66.7 Å². The van der Waals surface area contributed by atoms with Gasteiger partial charge < -0.3 is 15.7 Å². The van der Waals surface area contributed by atoms with Crippen molar-refractivity contribution in [3.05, 3.63) is 0 Å². The molecule has 0 spiro atoms. The molecule has 19 heavy (non-hydrogen) atoms. The average molecular weight is 269 g/mol. The summed E-state index contributed by atoms with van der Waals surface area (Å²) >= 11 is 0. The quantitative estimate of drug-likeness (QED) is 0.747. The number of piperazine rings is 1. The highest BCUT2D eigenvalue weighted by atomic mass is 16.3. The van der Waals surface area contributed by atoms with Gasteiger partial charge in [0.05, 0.1) is 6.61 Å². The van der Waals surface area contributed by atoms with Gasteiger partial charge >= 0.3 is 0 Å². The van der Waals surface area contributed by atoms with Crippen molar-refractivity contribution >= 4 is 5.91 Å². The molecule has 0 radical (unpaired) electrons. The molecule has 0 bridgehead atoms. The molecule has 0 aromatic carbocycles. The van der Waals surface area contributed by atoms with Crippen molar-refractivity contribution in [2.45, 2.75) is 25.7 Å². The van der Waals surface area contributed by atoms with E-state index in [1.54, 1.807) is 0 Å². The molecule has 2 rings (SSSR count). The number of nitrogens with two attached hydrogens (primary N) is 1. The van der Waals surface area contributed by atoms with Crippen molar-refractivity contribution in [3.8, 4) is 0 Å². The normalized spacial score (nSPS) is 29.5. The second-order valence-corrected chi connectivity index (χ2v) is 5.86. The smallest absolute Gasteiger partial charge is 0.225 e. The van der Waals surface area contributed by atoms with Crippen molar-refractivity contribution in [2.75, 3.05) is 45.9 Å². The fourth-order valence-corrected chi connectivity index (χ4v) is 3.32. The van der Waals surface area contributed by atoms with Crippen LogP contribution in [0.25, 0.3) is 0 Å². The number of aliphatic hydroxyl groups excluding tert-OH is 1. The lowest BCUT2D eigenvalue weighted by Crippen LogP contribution is -2.51. The maximum atomic E-state index is 12.5. The van der Waals surface area contributed by atoms with Crippen molar-refractivity contribution in [3.63, 3.8) is 0 Å². The highest BCUT2D eigenvalue weighted by Gasteiger charge is 2.31. The SMILES string of the molecule is NCC1CCCC(C(=O)N2CCN(CCO)CC2)C1. The largest absolute Gasteiger partial charge is 0.395 e. The van der Waals surface area contributed by atoms with E-state index in [9.17, 15) is 4.79 Å². The van der Waals surface area contributed by atoms with Gasteiger partial charge in [0.2, 0.25) is 5.91 Å². The minimum Gasteiger partial charge on any atom is -0.395 e. The van der Waals surface area contributed by atoms with Gasteiger partial charge in [-0.15, -0.1) is 0 Å². The average Bonchev–Trinajstić information content (AvgIpc) is 2.48. The summed E-state index contributed by atoms with van der Waals surface area (Å²) in [5.41, 5.74) is 5.74. The van der Waals surface area contributed by atoms with E-state index in [4.69, 9.17) is 10.8 Å². The highest BCUT2D eigenvalue weighted by molar-refractivity contribution is 5.79. The van der Waals surface area contributed by atoms with Gasteiger partial charge in [0.25, 0.3) is 0 Å². The molecular weight excluding hydrogens is 242 g/mol. The Labute approximate surface area is 115 Å². The number of carbonyl (C=O) groups is 1. The summed E-state index contributed by atoms with van der Waals surface area (Å²) in [6.45, 7) is 5.04. The number of amides is 1. The number of hydrogen-bond donors (Lipinski definition) is 2. The zero-order valence-electron chi connectivity index (χ0n) is 11.8. The van der Waals surface area contributed by atoms with E-state index >= 15 is 0 Å². The third kappa shape index (κ3) is 3.91. The van der Waals surface area contributed by atoms with Gasteiger partial charge in [-0.05, 0) is 31.7 Å². The first-order valence-electron chi connectivity index (χ1n) is 7.56. The molecule has 0 aromatic heterocycles. The van der Waals surface area contributed by atoms with Gasteiger partial charge in [-0.1, -0.05) is 6.42 Å². The Kier molecular flexibility index (Phi) is 5.60. The maximum Gasteiger partial charge on any atom is 0.225 e. The number of nitrogens with zero attached hydrogens (tertiary/aromatic N) is 2. The van der Waals surface area contributed by atoms with Gasteiger partial charge in [0.15, 0.2) is 0 Å². The minimum atomic E-state index is 0.201. The maximum absolute atomic E-state index is 12.5. The van der Waals surface area contributed by atoms with Crippen molar-refractivity contribution in [1.29, 1.82) is 0 Å². The monoisotopic (exact) mass is 269 g/mol. The van der Waals surface area contributed by atoms with Gasteiger partial charge in [0, 0.05) is 38.6 Å². The molecule has 5 heteroatoms. The highest BCUT2D eigenvalue weighted by Crippen LogP contribution is 2.29.